The first-order valence-electron chi connectivity index (χ1n) is 4.86. The largest absolute Gasteiger partial charge is 0.498 e. The maximum Gasteiger partial charge on any atom is 0.167 e. The minimum absolute atomic E-state index is 0.190. The molecule has 2 nitrogen and oxygen atoms in total. The summed E-state index contributed by atoms with van der Waals surface area (Å²) in [5, 5.41) is 0. The fourth-order valence-corrected chi connectivity index (χ4v) is 1.72. The molecule has 0 aromatic carbocycles. The minimum atomic E-state index is -0.190. The SMILES string of the molecule is CCOC1=C(C)C(=O)C(C)(C)CC1. The summed E-state index contributed by atoms with van der Waals surface area (Å²) >= 11 is 0. The van der Waals surface area contributed by atoms with E-state index >= 15 is 0 Å². The van der Waals surface area contributed by atoms with Gasteiger partial charge in [0.2, 0.25) is 0 Å². The highest BCUT2D eigenvalue weighted by atomic mass is 16.5. The summed E-state index contributed by atoms with van der Waals surface area (Å²) in [5.41, 5.74) is 0.628. The van der Waals surface area contributed by atoms with E-state index in [1.165, 1.54) is 0 Å². The standard InChI is InChI=1S/C11H18O2/c1-5-13-9-6-7-11(3,4)10(12)8(9)2/h5-7H2,1-4H3. The molecule has 74 valence electrons. The first-order chi connectivity index (χ1) is 5.99. The Labute approximate surface area is 80.0 Å². The van der Waals surface area contributed by atoms with Crippen molar-refractivity contribution >= 4 is 5.78 Å². The van der Waals surface area contributed by atoms with E-state index in [-0.39, 0.29) is 11.2 Å². The third-order valence-corrected chi connectivity index (χ3v) is 2.67. The van der Waals surface area contributed by atoms with Gasteiger partial charge in [0.1, 0.15) is 5.76 Å². The Balaban J connectivity index is 2.89. The lowest BCUT2D eigenvalue weighted by Crippen LogP contribution is -2.30. The lowest BCUT2D eigenvalue weighted by molar-refractivity contribution is -0.124. The van der Waals surface area contributed by atoms with Gasteiger partial charge in [0.15, 0.2) is 5.78 Å². The summed E-state index contributed by atoms with van der Waals surface area (Å²) in [6.45, 7) is 8.47. The fraction of sp³-hybridized carbons (Fsp3) is 0.727. The molecule has 2 heteroatoms. The molecule has 13 heavy (non-hydrogen) atoms. The number of carbonyl (C=O) groups excluding carboxylic acids is 1. The predicted molar refractivity (Wildman–Crippen MR) is 52.3 cm³/mol. The van der Waals surface area contributed by atoms with Crippen LogP contribution in [0, 0.1) is 5.41 Å². The molecule has 0 radical (unpaired) electrons. The van der Waals surface area contributed by atoms with E-state index in [0.717, 1.165) is 24.2 Å². The van der Waals surface area contributed by atoms with Crippen molar-refractivity contribution < 1.29 is 9.53 Å². The predicted octanol–water partition coefficient (Wildman–Crippen LogP) is 2.69. The first-order valence-corrected chi connectivity index (χ1v) is 4.86. The van der Waals surface area contributed by atoms with Crippen molar-refractivity contribution in [2.24, 2.45) is 5.41 Å². The number of Topliss-reactive ketones (excluding diaryl/α,β-unsaturated/α-hetero) is 1. The van der Waals surface area contributed by atoms with Crippen LogP contribution in [0.15, 0.2) is 11.3 Å². The molecule has 1 aliphatic carbocycles. The van der Waals surface area contributed by atoms with E-state index in [0.29, 0.717) is 6.61 Å². The summed E-state index contributed by atoms with van der Waals surface area (Å²) in [6.07, 6.45) is 1.80. The van der Waals surface area contributed by atoms with Gasteiger partial charge in [0.05, 0.1) is 6.61 Å². The van der Waals surface area contributed by atoms with Gasteiger partial charge in [-0.2, -0.15) is 0 Å². The van der Waals surface area contributed by atoms with Crippen LogP contribution >= 0.6 is 0 Å². The number of carbonyl (C=O) groups is 1. The third kappa shape index (κ3) is 1.93. The molecule has 1 rings (SSSR count). The second-order valence-corrected chi connectivity index (χ2v) is 4.19. The molecule has 0 aromatic heterocycles. The van der Waals surface area contributed by atoms with Crippen LogP contribution in [0.1, 0.15) is 40.5 Å². The fourth-order valence-electron chi connectivity index (χ4n) is 1.72. The highest BCUT2D eigenvalue weighted by molar-refractivity contribution is 6.00. The lowest BCUT2D eigenvalue weighted by Gasteiger charge is -2.29. The minimum Gasteiger partial charge on any atom is -0.498 e. The molecule has 0 spiro atoms. The Kier molecular flexibility index (Phi) is 2.79. The molecular formula is C11H18O2. The van der Waals surface area contributed by atoms with Gasteiger partial charge in [-0.1, -0.05) is 13.8 Å². The van der Waals surface area contributed by atoms with Crippen LogP contribution < -0.4 is 0 Å². The monoisotopic (exact) mass is 182 g/mol. The molecule has 0 heterocycles. The smallest absolute Gasteiger partial charge is 0.167 e. The molecule has 0 saturated heterocycles. The van der Waals surface area contributed by atoms with Crippen molar-refractivity contribution in [1.29, 1.82) is 0 Å². The van der Waals surface area contributed by atoms with Gasteiger partial charge in [-0.15, -0.1) is 0 Å². The molecule has 0 bridgehead atoms. The van der Waals surface area contributed by atoms with Gasteiger partial charge in [-0.3, -0.25) is 4.79 Å². The Hall–Kier alpha value is -0.790. The van der Waals surface area contributed by atoms with E-state index < -0.39 is 0 Å². The lowest BCUT2D eigenvalue weighted by atomic mass is 9.76. The van der Waals surface area contributed by atoms with Crippen LogP contribution in [0.2, 0.25) is 0 Å². The van der Waals surface area contributed by atoms with Gasteiger partial charge < -0.3 is 4.74 Å². The van der Waals surface area contributed by atoms with Crippen LogP contribution in [0.25, 0.3) is 0 Å². The zero-order valence-corrected chi connectivity index (χ0v) is 8.94. The second kappa shape index (κ2) is 3.52. The Bertz CT molecular complexity index is 249. The zero-order chi connectivity index (χ0) is 10.1. The van der Waals surface area contributed by atoms with E-state index in [4.69, 9.17) is 4.74 Å². The van der Waals surface area contributed by atoms with Crippen molar-refractivity contribution in [1.82, 2.24) is 0 Å². The van der Waals surface area contributed by atoms with Crippen LogP contribution in [0.3, 0.4) is 0 Å². The maximum absolute atomic E-state index is 11.8. The summed E-state index contributed by atoms with van der Waals surface area (Å²) < 4.78 is 5.42. The number of rotatable bonds is 2. The van der Waals surface area contributed by atoms with Crippen molar-refractivity contribution in [3.63, 3.8) is 0 Å². The molecular weight excluding hydrogens is 164 g/mol. The van der Waals surface area contributed by atoms with Crippen molar-refractivity contribution in [2.45, 2.75) is 40.5 Å². The molecule has 0 saturated carbocycles. The van der Waals surface area contributed by atoms with Crippen LogP contribution in [-0.4, -0.2) is 12.4 Å². The van der Waals surface area contributed by atoms with E-state index in [1.807, 2.05) is 27.7 Å². The molecule has 0 atom stereocenters. The van der Waals surface area contributed by atoms with Gasteiger partial charge in [-0.05, 0) is 20.3 Å². The average Bonchev–Trinajstić information content (AvgIpc) is 2.07. The number of hydrogen-bond donors (Lipinski definition) is 0. The van der Waals surface area contributed by atoms with E-state index in [9.17, 15) is 4.79 Å². The quantitative estimate of drug-likeness (QED) is 0.656. The average molecular weight is 182 g/mol. The molecule has 0 fully saturated rings. The summed E-state index contributed by atoms with van der Waals surface area (Å²) in [4.78, 5) is 11.8. The zero-order valence-electron chi connectivity index (χ0n) is 8.94. The highest BCUT2D eigenvalue weighted by Gasteiger charge is 2.34. The van der Waals surface area contributed by atoms with Gasteiger partial charge in [-0.25, -0.2) is 0 Å². The number of hydrogen-bond acceptors (Lipinski definition) is 2. The number of allylic oxidation sites excluding steroid dienone is 2. The van der Waals surface area contributed by atoms with E-state index in [1.54, 1.807) is 0 Å². The summed E-state index contributed by atoms with van der Waals surface area (Å²) in [7, 11) is 0. The molecule has 0 unspecified atom stereocenters. The Morgan fingerprint density at radius 1 is 1.46 bits per heavy atom. The maximum atomic E-state index is 11.8. The molecule has 1 aliphatic rings. The van der Waals surface area contributed by atoms with Crippen molar-refractivity contribution in [2.75, 3.05) is 6.61 Å². The summed E-state index contributed by atoms with van der Waals surface area (Å²) in [6, 6.07) is 0. The Morgan fingerprint density at radius 2 is 2.08 bits per heavy atom. The third-order valence-electron chi connectivity index (χ3n) is 2.67. The summed E-state index contributed by atoms with van der Waals surface area (Å²) in [5.74, 6) is 1.13. The van der Waals surface area contributed by atoms with Gasteiger partial charge in [0.25, 0.3) is 0 Å². The molecule has 0 N–H and O–H groups in total. The normalized spacial score (nSPS) is 22.0. The first kappa shape index (κ1) is 10.3. The number of ketones is 1. The van der Waals surface area contributed by atoms with E-state index in [2.05, 4.69) is 0 Å². The highest BCUT2D eigenvalue weighted by Crippen LogP contribution is 2.35. The second-order valence-electron chi connectivity index (χ2n) is 4.19. The molecule has 0 amide bonds. The topological polar surface area (TPSA) is 26.3 Å². The van der Waals surface area contributed by atoms with Crippen molar-refractivity contribution in [3.8, 4) is 0 Å². The molecule has 0 aromatic rings. The molecule has 0 aliphatic heterocycles. The van der Waals surface area contributed by atoms with Crippen LogP contribution in [0.4, 0.5) is 0 Å². The van der Waals surface area contributed by atoms with Crippen LogP contribution in [-0.2, 0) is 9.53 Å². The number of ether oxygens (including phenoxy) is 1. The van der Waals surface area contributed by atoms with Gasteiger partial charge >= 0.3 is 0 Å². The van der Waals surface area contributed by atoms with Crippen LogP contribution in [0.5, 0.6) is 0 Å². The van der Waals surface area contributed by atoms with Crippen molar-refractivity contribution in [3.05, 3.63) is 11.3 Å². The Morgan fingerprint density at radius 3 is 2.62 bits per heavy atom. The van der Waals surface area contributed by atoms with Gasteiger partial charge in [0, 0.05) is 17.4 Å².